The molecule has 2 N–H and O–H groups in total. The number of nitrogens with zero attached hydrogens (tertiary/aromatic N) is 2. The lowest BCUT2D eigenvalue weighted by atomic mass is 10.1. The van der Waals surface area contributed by atoms with Crippen LogP contribution in [-0.4, -0.2) is 30.2 Å². The first-order chi connectivity index (χ1) is 9.88. The smallest absolute Gasteiger partial charge is 0.207 e. The van der Waals surface area contributed by atoms with Crippen LogP contribution in [0, 0.1) is 0 Å². The monoisotopic (exact) mass is 270 g/mol. The van der Waals surface area contributed by atoms with Crippen molar-refractivity contribution in [3.8, 4) is 0 Å². The highest BCUT2D eigenvalue weighted by molar-refractivity contribution is 6.08. The molecule has 0 fully saturated rings. The Morgan fingerprint density at radius 2 is 2.25 bits per heavy atom. The normalized spacial score (nSPS) is 11.7. The fraction of sp³-hybridized carbons (Fsp3) is 0.133. The maximum atomic E-state index is 10.0. The molecule has 0 atom stereocenters. The molecule has 5 nitrogen and oxygen atoms in total. The van der Waals surface area contributed by atoms with Gasteiger partial charge in [-0.3, -0.25) is 9.78 Å². The van der Waals surface area contributed by atoms with E-state index in [1.807, 2.05) is 36.4 Å². The van der Waals surface area contributed by atoms with Gasteiger partial charge in [-0.25, -0.2) is 0 Å². The summed E-state index contributed by atoms with van der Waals surface area (Å²) < 4.78 is 0. The minimum Gasteiger partial charge on any atom is -0.355 e. The first kappa shape index (κ1) is 15.4. The molecule has 1 aromatic heterocycles. The Balaban J connectivity index is 2.58. The summed E-state index contributed by atoms with van der Waals surface area (Å²) in [5, 5.41) is 6.84. The zero-order valence-electron chi connectivity index (χ0n) is 11.2. The zero-order chi connectivity index (χ0) is 14.5. The number of carbonyl (C=O) groups excluding carboxylic acids is 1. The Hall–Kier alpha value is -2.69. The standard InChI is InChI=1S/C15H18N4O/c1-2-3-8-15(14-7-6-10-16-12-14)19-18-11-5-4-9-17-13-20/h2-8,10,12-13,18H,1,9,11H2,(H,17,20)/b5-4-,8-3?,19-15+. The third-order valence-corrected chi connectivity index (χ3v) is 2.24. The Morgan fingerprint density at radius 3 is 2.95 bits per heavy atom. The summed E-state index contributed by atoms with van der Waals surface area (Å²) in [6.07, 6.45) is 13.2. The predicted octanol–water partition coefficient (Wildman–Crippen LogP) is 1.42. The van der Waals surface area contributed by atoms with Crippen molar-refractivity contribution in [3.63, 3.8) is 0 Å². The van der Waals surface area contributed by atoms with E-state index in [2.05, 4.69) is 27.4 Å². The van der Waals surface area contributed by atoms with Gasteiger partial charge in [0.2, 0.25) is 6.41 Å². The molecule has 104 valence electrons. The molecule has 0 aromatic carbocycles. The Labute approximate surface area is 118 Å². The maximum absolute atomic E-state index is 10.0. The average Bonchev–Trinajstić information content (AvgIpc) is 2.50. The van der Waals surface area contributed by atoms with Gasteiger partial charge in [0.1, 0.15) is 0 Å². The van der Waals surface area contributed by atoms with E-state index in [-0.39, 0.29) is 0 Å². The molecule has 0 saturated carbocycles. The quantitative estimate of drug-likeness (QED) is 0.178. The van der Waals surface area contributed by atoms with Gasteiger partial charge in [-0.05, 0) is 18.2 Å². The number of pyridine rings is 1. The molecule has 0 radical (unpaired) electrons. The molecule has 0 aliphatic rings. The fourth-order valence-corrected chi connectivity index (χ4v) is 1.34. The number of hydrazone groups is 1. The second kappa shape index (κ2) is 10.3. The predicted molar refractivity (Wildman–Crippen MR) is 81.3 cm³/mol. The summed E-state index contributed by atoms with van der Waals surface area (Å²) in [6.45, 7) is 4.73. The van der Waals surface area contributed by atoms with Crippen molar-refractivity contribution >= 4 is 12.1 Å². The number of hydrogen-bond acceptors (Lipinski definition) is 4. The Morgan fingerprint density at radius 1 is 1.40 bits per heavy atom. The number of amides is 1. The van der Waals surface area contributed by atoms with E-state index < -0.39 is 0 Å². The average molecular weight is 270 g/mol. The van der Waals surface area contributed by atoms with Crippen molar-refractivity contribution in [2.45, 2.75) is 0 Å². The van der Waals surface area contributed by atoms with Crippen LogP contribution in [0.5, 0.6) is 0 Å². The van der Waals surface area contributed by atoms with Gasteiger partial charge in [-0.1, -0.05) is 30.9 Å². The van der Waals surface area contributed by atoms with Crippen LogP contribution in [0.2, 0.25) is 0 Å². The molecule has 0 spiro atoms. The van der Waals surface area contributed by atoms with Crippen molar-refractivity contribution in [1.29, 1.82) is 0 Å². The number of nitrogens with one attached hydrogen (secondary N) is 2. The second-order valence-electron chi connectivity index (χ2n) is 3.69. The molecule has 0 unspecified atom stereocenters. The van der Waals surface area contributed by atoms with Crippen LogP contribution in [0.25, 0.3) is 0 Å². The highest BCUT2D eigenvalue weighted by Crippen LogP contribution is 2.00. The summed E-state index contributed by atoms with van der Waals surface area (Å²) in [5.74, 6) is 0. The van der Waals surface area contributed by atoms with Crippen molar-refractivity contribution in [1.82, 2.24) is 15.7 Å². The van der Waals surface area contributed by atoms with Crippen LogP contribution in [0.3, 0.4) is 0 Å². The highest BCUT2D eigenvalue weighted by atomic mass is 16.1. The van der Waals surface area contributed by atoms with Crippen LogP contribution in [0.1, 0.15) is 5.56 Å². The zero-order valence-corrected chi connectivity index (χ0v) is 11.2. The lowest BCUT2D eigenvalue weighted by Gasteiger charge is -2.02. The summed E-state index contributed by atoms with van der Waals surface area (Å²) in [7, 11) is 0. The van der Waals surface area contributed by atoms with Crippen LogP contribution in [-0.2, 0) is 4.79 Å². The fourth-order valence-electron chi connectivity index (χ4n) is 1.34. The number of allylic oxidation sites excluding steroid dienone is 3. The van der Waals surface area contributed by atoms with Gasteiger partial charge in [0.15, 0.2) is 0 Å². The molecule has 0 bridgehead atoms. The third-order valence-electron chi connectivity index (χ3n) is 2.24. The van der Waals surface area contributed by atoms with Crippen molar-refractivity contribution in [3.05, 3.63) is 67.0 Å². The first-order valence-corrected chi connectivity index (χ1v) is 6.20. The number of aromatic nitrogens is 1. The van der Waals surface area contributed by atoms with Crippen LogP contribution >= 0.6 is 0 Å². The molecule has 5 heteroatoms. The van der Waals surface area contributed by atoms with E-state index in [0.717, 1.165) is 11.3 Å². The van der Waals surface area contributed by atoms with Crippen molar-refractivity contribution < 1.29 is 4.79 Å². The summed E-state index contributed by atoms with van der Waals surface area (Å²) in [4.78, 5) is 14.1. The first-order valence-electron chi connectivity index (χ1n) is 6.20. The molecular weight excluding hydrogens is 252 g/mol. The number of carbonyl (C=O) groups is 1. The SMILES string of the molecule is C=CC=C/C(=N\NC/C=C\CNC=O)c1cccnc1. The van der Waals surface area contributed by atoms with E-state index in [9.17, 15) is 4.79 Å². The van der Waals surface area contributed by atoms with E-state index in [4.69, 9.17) is 0 Å². The largest absolute Gasteiger partial charge is 0.355 e. The molecule has 0 aliphatic carbocycles. The molecule has 1 rings (SSSR count). The second-order valence-corrected chi connectivity index (χ2v) is 3.69. The van der Waals surface area contributed by atoms with Crippen LogP contribution in [0.4, 0.5) is 0 Å². The van der Waals surface area contributed by atoms with Crippen molar-refractivity contribution in [2.75, 3.05) is 13.1 Å². The lowest BCUT2D eigenvalue weighted by Crippen LogP contribution is -2.12. The molecule has 1 heterocycles. The van der Waals surface area contributed by atoms with Gasteiger partial charge in [-0.15, -0.1) is 0 Å². The molecule has 20 heavy (non-hydrogen) atoms. The Kier molecular flexibility index (Phi) is 7.88. The van der Waals surface area contributed by atoms with Gasteiger partial charge in [0.05, 0.1) is 12.3 Å². The molecular formula is C15H18N4O. The maximum Gasteiger partial charge on any atom is 0.207 e. The molecule has 0 aliphatic heterocycles. The summed E-state index contributed by atoms with van der Waals surface area (Å²) >= 11 is 0. The number of rotatable bonds is 9. The minimum atomic E-state index is 0.515. The Bertz CT molecular complexity index is 492. The van der Waals surface area contributed by atoms with E-state index in [0.29, 0.717) is 19.5 Å². The van der Waals surface area contributed by atoms with Crippen LogP contribution < -0.4 is 10.7 Å². The topological polar surface area (TPSA) is 66.4 Å². The third kappa shape index (κ3) is 6.30. The summed E-state index contributed by atoms with van der Waals surface area (Å²) in [5.41, 5.74) is 4.64. The highest BCUT2D eigenvalue weighted by Gasteiger charge is 1.98. The van der Waals surface area contributed by atoms with Gasteiger partial charge >= 0.3 is 0 Å². The summed E-state index contributed by atoms with van der Waals surface area (Å²) in [6, 6.07) is 3.79. The lowest BCUT2D eigenvalue weighted by molar-refractivity contribution is -0.109. The van der Waals surface area contributed by atoms with E-state index in [1.165, 1.54) is 0 Å². The van der Waals surface area contributed by atoms with Gasteiger partial charge in [0, 0.05) is 24.5 Å². The van der Waals surface area contributed by atoms with Gasteiger partial charge in [0.25, 0.3) is 0 Å². The minimum absolute atomic E-state index is 0.515. The van der Waals surface area contributed by atoms with Gasteiger partial charge < -0.3 is 10.7 Å². The molecule has 1 aromatic rings. The number of hydrogen-bond donors (Lipinski definition) is 2. The van der Waals surface area contributed by atoms with Crippen molar-refractivity contribution in [2.24, 2.45) is 5.10 Å². The van der Waals surface area contributed by atoms with Crippen LogP contribution in [0.15, 0.2) is 66.6 Å². The molecule has 0 saturated heterocycles. The van der Waals surface area contributed by atoms with E-state index >= 15 is 0 Å². The van der Waals surface area contributed by atoms with Gasteiger partial charge in [-0.2, -0.15) is 5.10 Å². The molecule has 1 amide bonds. The van der Waals surface area contributed by atoms with E-state index in [1.54, 1.807) is 18.5 Å².